The molecule has 3 nitrogen and oxygen atoms in total. The van der Waals surface area contributed by atoms with E-state index in [-0.39, 0.29) is 5.56 Å². The van der Waals surface area contributed by atoms with Gasteiger partial charge in [0.1, 0.15) is 0 Å². The third-order valence-corrected chi connectivity index (χ3v) is 4.68. The van der Waals surface area contributed by atoms with E-state index in [2.05, 4.69) is 10.2 Å². The predicted molar refractivity (Wildman–Crippen MR) is 82.1 cm³/mol. The van der Waals surface area contributed by atoms with E-state index >= 15 is 0 Å². The van der Waals surface area contributed by atoms with Crippen LogP contribution in [0.1, 0.15) is 36.8 Å². The van der Waals surface area contributed by atoms with Gasteiger partial charge < -0.3 is 10.2 Å². The highest BCUT2D eigenvalue weighted by atomic mass is 19.4. The summed E-state index contributed by atoms with van der Waals surface area (Å²) in [5, 5.41) is 12.6. The number of nitriles is 1. The van der Waals surface area contributed by atoms with E-state index in [0.29, 0.717) is 11.7 Å². The normalized spacial score (nSPS) is 19.7. The second-order valence-corrected chi connectivity index (χ2v) is 6.45. The van der Waals surface area contributed by atoms with Crippen molar-refractivity contribution in [2.75, 3.05) is 24.5 Å². The van der Waals surface area contributed by atoms with Gasteiger partial charge in [0.2, 0.25) is 0 Å². The maximum Gasteiger partial charge on any atom is 0.417 e. The molecular weight excluding hydrogens is 303 g/mol. The molecule has 1 saturated heterocycles. The summed E-state index contributed by atoms with van der Waals surface area (Å²) < 4.78 is 38.5. The van der Waals surface area contributed by atoms with Crippen molar-refractivity contribution in [1.29, 1.82) is 5.26 Å². The zero-order chi connectivity index (χ0) is 16.4. The van der Waals surface area contributed by atoms with Gasteiger partial charge in [-0.15, -0.1) is 0 Å². The molecule has 1 aromatic rings. The third-order valence-electron chi connectivity index (χ3n) is 4.68. The van der Waals surface area contributed by atoms with Gasteiger partial charge in [0, 0.05) is 24.8 Å². The number of benzene rings is 1. The third kappa shape index (κ3) is 3.97. The molecule has 2 fully saturated rings. The summed E-state index contributed by atoms with van der Waals surface area (Å²) in [4.78, 5) is 2.07. The molecule has 0 radical (unpaired) electrons. The molecule has 1 aromatic carbocycles. The lowest BCUT2D eigenvalue weighted by atomic mass is 10.0. The zero-order valence-corrected chi connectivity index (χ0v) is 12.9. The standard InChI is InChI=1S/C17H20F3N3/c18-17(19,20)16-4-3-15(9-13(16)10-21)23-7-5-14(6-8-23)22-11-12-1-2-12/h3-4,9,12,14,22H,1-2,5-8,11H2. The largest absolute Gasteiger partial charge is 0.417 e. The highest BCUT2D eigenvalue weighted by Gasteiger charge is 2.34. The minimum absolute atomic E-state index is 0.302. The van der Waals surface area contributed by atoms with E-state index in [0.717, 1.165) is 44.5 Å². The summed E-state index contributed by atoms with van der Waals surface area (Å²) in [6.07, 6.45) is 0.136. The quantitative estimate of drug-likeness (QED) is 0.921. The number of hydrogen-bond acceptors (Lipinski definition) is 3. The van der Waals surface area contributed by atoms with Gasteiger partial charge in [0.15, 0.2) is 0 Å². The molecule has 1 heterocycles. The highest BCUT2D eigenvalue weighted by molar-refractivity contribution is 5.55. The van der Waals surface area contributed by atoms with Crippen LogP contribution in [-0.4, -0.2) is 25.7 Å². The number of anilines is 1. The Morgan fingerprint density at radius 2 is 1.87 bits per heavy atom. The maximum absolute atomic E-state index is 12.8. The van der Waals surface area contributed by atoms with E-state index in [1.807, 2.05) is 0 Å². The smallest absolute Gasteiger partial charge is 0.371 e. The van der Waals surface area contributed by atoms with Crippen molar-refractivity contribution in [3.05, 3.63) is 29.3 Å². The van der Waals surface area contributed by atoms with Crippen molar-refractivity contribution in [2.24, 2.45) is 5.92 Å². The van der Waals surface area contributed by atoms with Gasteiger partial charge in [-0.2, -0.15) is 18.4 Å². The fraction of sp³-hybridized carbons (Fsp3) is 0.588. The first-order valence-electron chi connectivity index (χ1n) is 8.07. The Morgan fingerprint density at radius 1 is 1.17 bits per heavy atom. The molecule has 1 N–H and O–H groups in total. The molecule has 0 spiro atoms. The van der Waals surface area contributed by atoms with Crippen LogP contribution in [0, 0.1) is 17.2 Å². The average molecular weight is 323 g/mol. The fourth-order valence-electron chi connectivity index (χ4n) is 3.07. The summed E-state index contributed by atoms with van der Waals surface area (Å²) in [7, 11) is 0. The summed E-state index contributed by atoms with van der Waals surface area (Å²) in [6.45, 7) is 2.70. The van der Waals surface area contributed by atoms with Crippen LogP contribution in [0.25, 0.3) is 0 Å². The summed E-state index contributed by atoms with van der Waals surface area (Å²) in [5.41, 5.74) is -0.455. The maximum atomic E-state index is 12.8. The van der Waals surface area contributed by atoms with Crippen LogP contribution >= 0.6 is 0 Å². The lowest BCUT2D eigenvalue weighted by Crippen LogP contribution is -2.43. The summed E-state index contributed by atoms with van der Waals surface area (Å²) >= 11 is 0. The van der Waals surface area contributed by atoms with E-state index in [1.54, 1.807) is 6.07 Å². The van der Waals surface area contributed by atoms with E-state index in [9.17, 15) is 13.2 Å². The minimum Gasteiger partial charge on any atom is -0.371 e. The first-order valence-corrected chi connectivity index (χ1v) is 8.07. The van der Waals surface area contributed by atoms with Gasteiger partial charge in [-0.3, -0.25) is 0 Å². The number of alkyl halides is 3. The molecule has 6 heteroatoms. The summed E-state index contributed by atoms with van der Waals surface area (Å²) in [6, 6.07) is 6.02. The SMILES string of the molecule is N#Cc1cc(N2CCC(NCC3CC3)CC2)ccc1C(F)(F)F. The second-order valence-electron chi connectivity index (χ2n) is 6.45. The number of piperidine rings is 1. The van der Waals surface area contributed by atoms with Crippen LogP contribution in [0.5, 0.6) is 0 Å². The van der Waals surface area contributed by atoms with Gasteiger partial charge in [0.05, 0.1) is 17.2 Å². The molecule has 0 amide bonds. The van der Waals surface area contributed by atoms with Crippen molar-refractivity contribution in [2.45, 2.75) is 37.9 Å². The number of nitrogens with one attached hydrogen (secondary N) is 1. The molecule has 1 aliphatic heterocycles. The first-order chi connectivity index (χ1) is 11.0. The van der Waals surface area contributed by atoms with E-state index in [1.165, 1.54) is 25.0 Å². The molecule has 2 aliphatic rings. The highest BCUT2D eigenvalue weighted by Crippen LogP contribution is 2.34. The van der Waals surface area contributed by atoms with Crippen molar-refractivity contribution in [1.82, 2.24) is 5.32 Å². The molecule has 3 rings (SSSR count). The lowest BCUT2D eigenvalue weighted by molar-refractivity contribution is -0.137. The molecule has 0 aromatic heterocycles. The van der Waals surface area contributed by atoms with E-state index < -0.39 is 11.7 Å². The lowest BCUT2D eigenvalue weighted by Gasteiger charge is -2.34. The minimum atomic E-state index is -4.48. The monoisotopic (exact) mass is 323 g/mol. The van der Waals surface area contributed by atoms with Crippen molar-refractivity contribution in [3.8, 4) is 6.07 Å². The molecule has 124 valence electrons. The Bertz CT molecular complexity index is 594. The Labute approximate surface area is 134 Å². The number of hydrogen-bond donors (Lipinski definition) is 1. The molecule has 0 bridgehead atoms. The molecule has 0 atom stereocenters. The van der Waals surface area contributed by atoms with Crippen LogP contribution < -0.4 is 10.2 Å². The topological polar surface area (TPSA) is 39.1 Å². The predicted octanol–water partition coefficient (Wildman–Crippen LogP) is 3.55. The molecule has 1 saturated carbocycles. The Hall–Kier alpha value is -1.74. The average Bonchev–Trinajstić information content (AvgIpc) is 3.36. The van der Waals surface area contributed by atoms with Crippen LogP contribution in [0.2, 0.25) is 0 Å². The van der Waals surface area contributed by atoms with Crippen LogP contribution in [0.15, 0.2) is 18.2 Å². The molecule has 0 unspecified atom stereocenters. The van der Waals surface area contributed by atoms with Crippen LogP contribution in [-0.2, 0) is 6.18 Å². The number of nitrogens with zero attached hydrogens (tertiary/aromatic N) is 2. The zero-order valence-electron chi connectivity index (χ0n) is 12.9. The van der Waals surface area contributed by atoms with Gasteiger partial charge in [-0.05, 0) is 56.3 Å². The Balaban J connectivity index is 1.62. The molecule has 1 aliphatic carbocycles. The van der Waals surface area contributed by atoms with Gasteiger partial charge in [0.25, 0.3) is 0 Å². The Kier molecular flexibility index (Phi) is 4.49. The number of rotatable bonds is 4. The Morgan fingerprint density at radius 3 is 2.43 bits per heavy atom. The number of halogens is 3. The van der Waals surface area contributed by atoms with Crippen molar-refractivity contribution < 1.29 is 13.2 Å². The van der Waals surface area contributed by atoms with E-state index in [4.69, 9.17) is 5.26 Å². The van der Waals surface area contributed by atoms with Crippen molar-refractivity contribution in [3.63, 3.8) is 0 Å². The first kappa shape index (κ1) is 16.1. The van der Waals surface area contributed by atoms with Crippen molar-refractivity contribution >= 4 is 5.69 Å². The van der Waals surface area contributed by atoms with Gasteiger partial charge in [-0.25, -0.2) is 0 Å². The van der Waals surface area contributed by atoms with Crippen LogP contribution in [0.4, 0.5) is 18.9 Å². The van der Waals surface area contributed by atoms with Crippen LogP contribution in [0.3, 0.4) is 0 Å². The molecular formula is C17H20F3N3. The fourth-order valence-corrected chi connectivity index (χ4v) is 3.07. The van der Waals surface area contributed by atoms with Gasteiger partial charge in [-0.1, -0.05) is 0 Å². The summed E-state index contributed by atoms with van der Waals surface area (Å²) in [5.74, 6) is 0.848. The molecule has 23 heavy (non-hydrogen) atoms. The van der Waals surface area contributed by atoms with Gasteiger partial charge >= 0.3 is 6.18 Å². The second kappa shape index (κ2) is 6.40.